The van der Waals surface area contributed by atoms with E-state index in [2.05, 4.69) is 48.2 Å². The van der Waals surface area contributed by atoms with Gasteiger partial charge in [-0.3, -0.25) is 0 Å². The van der Waals surface area contributed by atoms with E-state index < -0.39 is 0 Å². The third kappa shape index (κ3) is 4.01. The maximum Gasteiger partial charge on any atom is 0.129 e. The third-order valence-electron chi connectivity index (χ3n) is 5.04. The van der Waals surface area contributed by atoms with Gasteiger partial charge in [-0.2, -0.15) is 0 Å². The van der Waals surface area contributed by atoms with Gasteiger partial charge in [0.05, 0.1) is 5.69 Å². The summed E-state index contributed by atoms with van der Waals surface area (Å²) in [5.41, 5.74) is 9.87. The van der Waals surface area contributed by atoms with Crippen LogP contribution in [0, 0.1) is 0 Å². The van der Waals surface area contributed by atoms with Crippen LogP contribution in [0.25, 0.3) is 22.4 Å². The first-order chi connectivity index (χ1) is 13.6. The van der Waals surface area contributed by atoms with Gasteiger partial charge in [-0.1, -0.05) is 31.2 Å². The lowest BCUT2D eigenvalue weighted by Gasteiger charge is -2.19. The number of nitrogens with two attached hydrogens (primary N) is 1. The van der Waals surface area contributed by atoms with Crippen molar-refractivity contribution in [1.29, 1.82) is 0 Å². The summed E-state index contributed by atoms with van der Waals surface area (Å²) < 4.78 is 0. The van der Waals surface area contributed by atoms with Gasteiger partial charge in [-0.05, 0) is 59.7 Å². The third-order valence-corrected chi connectivity index (χ3v) is 5.93. The van der Waals surface area contributed by atoms with Crippen LogP contribution in [0.1, 0.15) is 13.3 Å². The summed E-state index contributed by atoms with van der Waals surface area (Å²) in [5.74, 6) is 2.22. The van der Waals surface area contributed by atoms with Gasteiger partial charge in [0.15, 0.2) is 0 Å². The van der Waals surface area contributed by atoms with Crippen LogP contribution in [0.4, 0.5) is 5.82 Å². The Morgan fingerprint density at radius 2 is 1.89 bits per heavy atom. The molecule has 1 aliphatic rings. The van der Waals surface area contributed by atoms with Crippen molar-refractivity contribution in [1.82, 2.24) is 4.98 Å². The van der Waals surface area contributed by atoms with Crippen molar-refractivity contribution in [2.75, 3.05) is 23.7 Å². The van der Waals surface area contributed by atoms with Gasteiger partial charge in [0.25, 0.3) is 0 Å². The van der Waals surface area contributed by atoms with Gasteiger partial charge in [-0.15, -0.1) is 11.8 Å². The van der Waals surface area contributed by atoms with Crippen molar-refractivity contribution >= 4 is 17.6 Å². The van der Waals surface area contributed by atoms with E-state index in [0.29, 0.717) is 0 Å². The van der Waals surface area contributed by atoms with Crippen LogP contribution in [0.15, 0.2) is 65.6 Å². The van der Waals surface area contributed by atoms with Gasteiger partial charge >= 0.3 is 0 Å². The van der Waals surface area contributed by atoms with Crippen LogP contribution < -0.4 is 10.6 Å². The lowest BCUT2D eigenvalue weighted by Crippen LogP contribution is -2.26. The number of thioether (sulfide) groups is 1. The number of para-hydroxylation sites is 1. The highest BCUT2D eigenvalue weighted by atomic mass is 32.2. The van der Waals surface area contributed by atoms with Crippen molar-refractivity contribution in [3.05, 3.63) is 60.7 Å². The molecule has 4 rings (SSSR count). The highest BCUT2D eigenvalue weighted by Gasteiger charge is 2.22. The normalized spacial score (nSPS) is 16.5. The Balaban J connectivity index is 1.78. The number of benzene rings is 2. The molecule has 0 spiro atoms. The number of hydrogen-bond acceptors (Lipinski definition) is 5. The Morgan fingerprint density at radius 3 is 2.57 bits per heavy atom. The number of hydrogen-bond donors (Lipinski definition) is 2. The maximum atomic E-state index is 10.3. The first-order valence-corrected chi connectivity index (χ1v) is 10.7. The summed E-state index contributed by atoms with van der Waals surface area (Å²) in [6, 6.07) is 20.4. The molecule has 2 aromatic carbocycles. The fraction of sp³-hybridized carbons (Fsp3) is 0.261. The summed E-state index contributed by atoms with van der Waals surface area (Å²) in [6.45, 7) is 3.87. The molecule has 3 N–H and O–H groups in total. The molecule has 0 radical (unpaired) electrons. The summed E-state index contributed by atoms with van der Waals surface area (Å²) in [4.78, 5) is 8.37. The van der Waals surface area contributed by atoms with E-state index in [0.717, 1.165) is 53.5 Å². The number of pyridine rings is 1. The molecule has 1 fully saturated rings. The molecule has 2 heterocycles. The fourth-order valence-electron chi connectivity index (χ4n) is 3.58. The molecular weight excluding hydrogens is 366 g/mol. The van der Waals surface area contributed by atoms with Crippen molar-refractivity contribution in [3.8, 4) is 28.1 Å². The molecule has 1 unspecified atom stereocenters. The molecule has 1 saturated heterocycles. The van der Waals surface area contributed by atoms with Crippen LogP contribution in [0.5, 0.6) is 5.75 Å². The Morgan fingerprint density at radius 1 is 1.11 bits per heavy atom. The molecule has 4 nitrogen and oxygen atoms in total. The molecule has 0 amide bonds. The SMILES string of the molecule is CCSc1ccc(-c2cc(-c3ccccc3O)nc(N3CCC(N)C3)c2)cc1. The quantitative estimate of drug-likeness (QED) is 0.614. The summed E-state index contributed by atoms with van der Waals surface area (Å²) in [6.07, 6.45) is 0.973. The number of anilines is 1. The largest absolute Gasteiger partial charge is 0.507 e. The van der Waals surface area contributed by atoms with Crippen molar-refractivity contribution in [2.45, 2.75) is 24.3 Å². The van der Waals surface area contributed by atoms with Gasteiger partial charge < -0.3 is 15.7 Å². The Hall–Kier alpha value is -2.50. The summed E-state index contributed by atoms with van der Waals surface area (Å²) >= 11 is 1.84. The Kier molecular flexibility index (Phi) is 5.55. The van der Waals surface area contributed by atoms with E-state index in [1.54, 1.807) is 6.07 Å². The molecule has 3 aromatic rings. The summed E-state index contributed by atoms with van der Waals surface area (Å²) in [7, 11) is 0. The molecule has 0 bridgehead atoms. The summed E-state index contributed by atoms with van der Waals surface area (Å²) in [5, 5.41) is 10.3. The first-order valence-electron chi connectivity index (χ1n) is 9.68. The molecular formula is C23H25N3OS. The van der Waals surface area contributed by atoms with E-state index in [1.165, 1.54) is 4.90 Å². The Labute approximate surface area is 170 Å². The number of rotatable bonds is 5. The predicted molar refractivity (Wildman–Crippen MR) is 118 cm³/mol. The van der Waals surface area contributed by atoms with Gasteiger partial charge in [0.1, 0.15) is 11.6 Å². The van der Waals surface area contributed by atoms with Crippen LogP contribution in [-0.4, -0.2) is 35.0 Å². The highest BCUT2D eigenvalue weighted by molar-refractivity contribution is 7.99. The Bertz CT molecular complexity index is 958. The molecule has 1 aliphatic heterocycles. The van der Waals surface area contributed by atoms with Crippen LogP contribution in [0.3, 0.4) is 0 Å². The van der Waals surface area contributed by atoms with E-state index in [1.807, 2.05) is 30.0 Å². The average molecular weight is 392 g/mol. The zero-order valence-corrected chi connectivity index (χ0v) is 16.8. The minimum atomic E-state index is 0.185. The van der Waals surface area contributed by atoms with Crippen LogP contribution in [0.2, 0.25) is 0 Å². The highest BCUT2D eigenvalue weighted by Crippen LogP contribution is 2.34. The lowest BCUT2D eigenvalue weighted by atomic mass is 10.0. The monoisotopic (exact) mass is 391 g/mol. The first kappa shape index (κ1) is 18.8. The molecule has 0 aliphatic carbocycles. The van der Waals surface area contributed by atoms with Crippen molar-refractivity contribution < 1.29 is 5.11 Å². The molecule has 1 aromatic heterocycles. The zero-order chi connectivity index (χ0) is 19.5. The van der Waals surface area contributed by atoms with E-state index in [9.17, 15) is 5.11 Å². The van der Waals surface area contributed by atoms with Gasteiger partial charge in [0, 0.05) is 29.6 Å². The van der Waals surface area contributed by atoms with E-state index >= 15 is 0 Å². The second-order valence-corrected chi connectivity index (χ2v) is 8.41. The smallest absolute Gasteiger partial charge is 0.129 e. The average Bonchev–Trinajstić information content (AvgIpc) is 3.15. The standard InChI is InChI=1S/C23H25N3OS/c1-2-28-19-9-7-16(8-10-19)17-13-21(20-5-3-4-6-22(20)27)25-23(14-17)26-12-11-18(24)15-26/h3-10,13-14,18,27H,2,11-12,15,24H2,1H3. The van der Waals surface area contributed by atoms with Crippen LogP contribution >= 0.6 is 11.8 Å². The molecule has 28 heavy (non-hydrogen) atoms. The van der Waals surface area contributed by atoms with Crippen molar-refractivity contribution in [2.24, 2.45) is 5.73 Å². The number of phenolic OH excluding ortho intramolecular Hbond substituents is 1. The predicted octanol–water partition coefficient (Wildman–Crippen LogP) is 4.77. The van der Waals surface area contributed by atoms with E-state index in [-0.39, 0.29) is 11.8 Å². The van der Waals surface area contributed by atoms with Gasteiger partial charge in [-0.25, -0.2) is 4.98 Å². The number of aromatic hydroxyl groups is 1. The van der Waals surface area contributed by atoms with Crippen LogP contribution in [-0.2, 0) is 0 Å². The molecule has 144 valence electrons. The number of aromatic nitrogens is 1. The molecule has 1 atom stereocenters. The topological polar surface area (TPSA) is 62.4 Å². The lowest BCUT2D eigenvalue weighted by molar-refractivity contribution is 0.477. The fourth-order valence-corrected chi connectivity index (χ4v) is 4.24. The number of nitrogens with zero attached hydrogens (tertiary/aromatic N) is 2. The zero-order valence-electron chi connectivity index (χ0n) is 16.0. The second kappa shape index (κ2) is 8.25. The van der Waals surface area contributed by atoms with Gasteiger partial charge in [0.2, 0.25) is 0 Å². The minimum absolute atomic E-state index is 0.185. The van der Waals surface area contributed by atoms with Crippen molar-refractivity contribution in [3.63, 3.8) is 0 Å². The second-order valence-electron chi connectivity index (χ2n) is 7.07. The maximum absolute atomic E-state index is 10.3. The molecule has 0 saturated carbocycles. The minimum Gasteiger partial charge on any atom is -0.507 e. The number of phenols is 1. The van der Waals surface area contributed by atoms with E-state index in [4.69, 9.17) is 10.7 Å². The molecule has 5 heteroatoms.